The molecule has 6 atom stereocenters. The first kappa shape index (κ1) is 28.9. The van der Waals surface area contributed by atoms with E-state index in [2.05, 4.69) is 20.0 Å². The van der Waals surface area contributed by atoms with Gasteiger partial charge in [0.05, 0.1) is 19.5 Å². The second kappa shape index (κ2) is 11.3. The number of hydrogen-bond acceptors (Lipinski definition) is 12. The number of fused-ring (bicyclic) bond motifs is 2. The van der Waals surface area contributed by atoms with Crippen molar-refractivity contribution >= 4 is 41.5 Å². The van der Waals surface area contributed by atoms with Crippen LogP contribution in [0.2, 0.25) is 0 Å². The average Bonchev–Trinajstić information content (AvgIpc) is 3.47. The van der Waals surface area contributed by atoms with Crippen LogP contribution >= 0.6 is 7.75 Å². The molecule has 0 amide bonds. The number of nitrogens with two attached hydrogens (primary N) is 1. The zero-order valence-electron chi connectivity index (χ0n) is 22.6. The first-order valence-corrected chi connectivity index (χ1v) is 14.4. The summed E-state index contributed by atoms with van der Waals surface area (Å²) in [6.07, 6.45) is -1.21. The highest BCUT2D eigenvalue weighted by Gasteiger charge is 2.54. The van der Waals surface area contributed by atoms with Crippen LogP contribution < -0.4 is 15.3 Å². The van der Waals surface area contributed by atoms with E-state index in [-0.39, 0.29) is 23.8 Å². The van der Waals surface area contributed by atoms with Crippen molar-refractivity contribution in [3.63, 3.8) is 0 Å². The number of ether oxygens (including phenoxy) is 2. The standard InChI is InChI=1S/C26H31N6O8P/c1-4-37-24(34)15(2)31-41(36,40-18-11-7-9-16-8-5-6-10-17(16)18)38-12-19-21(33)26(3,35)25(39-19)32-14-30-20-22(27)28-13-29-23(20)32/h5-11,13-15,19,21,25,33,35H,4,12H2,1-3H3,(H,31,36)(H2,27,28,29)/t15-,19+,21-,25+,26?,41?/m0/s1. The lowest BCUT2D eigenvalue weighted by Gasteiger charge is -2.27. The van der Waals surface area contributed by atoms with Gasteiger partial charge in [0, 0.05) is 5.39 Å². The summed E-state index contributed by atoms with van der Waals surface area (Å²) in [6.45, 7) is 4.13. The van der Waals surface area contributed by atoms with Crippen LogP contribution in [0.4, 0.5) is 5.82 Å². The Labute approximate surface area is 235 Å². The summed E-state index contributed by atoms with van der Waals surface area (Å²) >= 11 is 0. The molecule has 0 spiro atoms. The highest BCUT2D eigenvalue weighted by atomic mass is 31.2. The molecule has 0 saturated carbocycles. The minimum Gasteiger partial charge on any atom is -0.465 e. The largest absolute Gasteiger partial charge is 0.465 e. The van der Waals surface area contributed by atoms with Crippen molar-refractivity contribution in [3.05, 3.63) is 55.1 Å². The number of rotatable bonds is 10. The van der Waals surface area contributed by atoms with Crippen molar-refractivity contribution in [1.82, 2.24) is 24.6 Å². The lowest BCUT2D eigenvalue weighted by molar-refractivity contribution is -0.144. The maximum Gasteiger partial charge on any atom is 0.459 e. The Kier molecular flexibility index (Phi) is 7.97. The molecule has 2 aromatic carbocycles. The monoisotopic (exact) mass is 586 g/mol. The highest BCUT2D eigenvalue weighted by Crippen LogP contribution is 2.48. The van der Waals surface area contributed by atoms with Gasteiger partial charge in [-0.3, -0.25) is 13.9 Å². The first-order valence-electron chi connectivity index (χ1n) is 12.9. The van der Waals surface area contributed by atoms with Gasteiger partial charge in [-0.1, -0.05) is 36.4 Å². The predicted octanol–water partition coefficient (Wildman–Crippen LogP) is 2.32. The van der Waals surface area contributed by atoms with E-state index in [1.165, 1.54) is 31.1 Å². The summed E-state index contributed by atoms with van der Waals surface area (Å²) in [5.74, 6) is -0.277. The lowest BCUT2D eigenvalue weighted by Crippen LogP contribution is -2.44. The van der Waals surface area contributed by atoms with Gasteiger partial charge in [-0.15, -0.1) is 0 Å². The summed E-state index contributed by atoms with van der Waals surface area (Å²) in [6, 6.07) is 11.5. The quantitative estimate of drug-likeness (QED) is 0.156. The minimum atomic E-state index is -4.31. The molecule has 218 valence electrons. The maximum absolute atomic E-state index is 14.1. The molecule has 5 N–H and O–H groups in total. The Bertz CT molecular complexity index is 1610. The van der Waals surface area contributed by atoms with Crippen LogP contribution in [-0.2, 0) is 23.4 Å². The smallest absolute Gasteiger partial charge is 0.459 e. The Hall–Kier alpha value is -3.65. The molecule has 2 unspecified atom stereocenters. The van der Waals surface area contributed by atoms with Gasteiger partial charge in [-0.25, -0.2) is 19.5 Å². The molecule has 1 aliphatic rings. The van der Waals surface area contributed by atoms with E-state index in [1.807, 2.05) is 18.2 Å². The predicted molar refractivity (Wildman–Crippen MR) is 148 cm³/mol. The van der Waals surface area contributed by atoms with Crippen LogP contribution in [0.25, 0.3) is 21.9 Å². The number of aliphatic hydroxyl groups excluding tert-OH is 1. The van der Waals surface area contributed by atoms with Crippen LogP contribution in [0.3, 0.4) is 0 Å². The zero-order valence-corrected chi connectivity index (χ0v) is 23.5. The third kappa shape index (κ3) is 5.62. The number of nitrogens with one attached hydrogen (secondary N) is 1. The Morgan fingerprint density at radius 3 is 2.78 bits per heavy atom. The number of hydrogen-bond donors (Lipinski definition) is 4. The van der Waals surface area contributed by atoms with Crippen LogP contribution in [0.15, 0.2) is 55.1 Å². The van der Waals surface area contributed by atoms with Gasteiger partial charge in [0.2, 0.25) is 0 Å². The van der Waals surface area contributed by atoms with E-state index in [0.29, 0.717) is 10.9 Å². The number of imidazole rings is 1. The molecule has 1 fully saturated rings. The summed E-state index contributed by atoms with van der Waals surface area (Å²) < 4.78 is 38.2. The van der Waals surface area contributed by atoms with Gasteiger partial charge in [0.25, 0.3) is 0 Å². The molecule has 4 aromatic rings. The molecule has 41 heavy (non-hydrogen) atoms. The molecule has 2 aromatic heterocycles. The lowest BCUT2D eigenvalue weighted by atomic mass is 9.96. The zero-order chi connectivity index (χ0) is 29.4. The van der Waals surface area contributed by atoms with Gasteiger partial charge in [-0.05, 0) is 32.2 Å². The number of carbonyl (C=O) groups excluding carboxylic acids is 1. The molecule has 3 heterocycles. The normalized spacial score (nSPS) is 24.8. The van der Waals surface area contributed by atoms with Gasteiger partial charge in [0.1, 0.15) is 41.4 Å². The third-order valence-corrected chi connectivity index (χ3v) is 8.39. The third-order valence-electron chi connectivity index (χ3n) is 6.76. The van der Waals surface area contributed by atoms with Crippen molar-refractivity contribution in [1.29, 1.82) is 0 Å². The molecule has 1 saturated heterocycles. The van der Waals surface area contributed by atoms with Gasteiger partial charge >= 0.3 is 13.7 Å². The summed E-state index contributed by atoms with van der Waals surface area (Å²) in [5, 5.41) is 26.3. The second-order valence-corrected chi connectivity index (χ2v) is 11.4. The Morgan fingerprint density at radius 2 is 2.00 bits per heavy atom. The molecule has 0 bridgehead atoms. The molecule has 0 radical (unpaired) electrons. The average molecular weight is 587 g/mol. The van der Waals surface area contributed by atoms with Crippen LogP contribution in [-0.4, -0.2) is 72.8 Å². The molecule has 5 rings (SSSR count). The summed E-state index contributed by atoms with van der Waals surface area (Å²) in [5.41, 5.74) is 4.62. The molecule has 1 aliphatic heterocycles. The molecule has 14 nitrogen and oxygen atoms in total. The van der Waals surface area contributed by atoms with Crippen molar-refractivity contribution in [3.8, 4) is 5.75 Å². The van der Waals surface area contributed by atoms with Gasteiger partial charge < -0.3 is 29.9 Å². The van der Waals surface area contributed by atoms with E-state index in [0.717, 1.165) is 5.39 Å². The molecular weight excluding hydrogens is 555 g/mol. The fraction of sp³-hybridized carbons (Fsp3) is 0.385. The van der Waals surface area contributed by atoms with E-state index < -0.39 is 50.4 Å². The molecule has 15 heteroatoms. The summed E-state index contributed by atoms with van der Waals surface area (Å²) in [7, 11) is -4.31. The van der Waals surface area contributed by atoms with Crippen molar-refractivity contribution in [2.24, 2.45) is 0 Å². The fourth-order valence-electron chi connectivity index (χ4n) is 4.64. The Balaban J connectivity index is 1.40. The first-order chi connectivity index (χ1) is 19.5. The van der Waals surface area contributed by atoms with E-state index >= 15 is 0 Å². The highest BCUT2D eigenvalue weighted by molar-refractivity contribution is 7.52. The number of nitrogens with zero attached hydrogens (tertiary/aromatic N) is 4. The number of nitrogen functional groups attached to an aromatic ring is 1. The van der Waals surface area contributed by atoms with Crippen molar-refractivity contribution in [2.45, 2.75) is 50.8 Å². The number of benzene rings is 2. The topological polar surface area (TPSA) is 193 Å². The number of esters is 1. The molecule has 0 aliphatic carbocycles. The number of aliphatic hydroxyl groups is 2. The minimum absolute atomic E-state index is 0.123. The van der Waals surface area contributed by atoms with Crippen LogP contribution in [0.1, 0.15) is 27.0 Å². The Morgan fingerprint density at radius 1 is 1.24 bits per heavy atom. The number of anilines is 1. The van der Waals surface area contributed by atoms with Crippen LogP contribution in [0.5, 0.6) is 5.75 Å². The van der Waals surface area contributed by atoms with E-state index in [1.54, 1.807) is 31.2 Å². The number of aromatic nitrogens is 4. The molecular formula is C26H31N6O8P. The second-order valence-electron chi connectivity index (χ2n) is 9.75. The van der Waals surface area contributed by atoms with Gasteiger partial charge in [-0.2, -0.15) is 5.09 Å². The van der Waals surface area contributed by atoms with Crippen molar-refractivity contribution < 1.29 is 38.1 Å². The number of carbonyl (C=O) groups is 1. The SMILES string of the molecule is CCOC(=O)[C@H](C)NP(=O)(OC[C@H]1O[C@@H](n2cnc3c(N)ncnc32)C(C)(O)[C@H]1O)Oc1cccc2ccccc12. The van der Waals surface area contributed by atoms with Crippen molar-refractivity contribution in [2.75, 3.05) is 18.9 Å². The fourth-order valence-corrected chi connectivity index (χ4v) is 6.16. The van der Waals surface area contributed by atoms with E-state index in [4.69, 9.17) is 24.3 Å². The maximum atomic E-state index is 14.1. The van der Waals surface area contributed by atoms with Crippen LogP contribution in [0, 0.1) is 0 Å². The van der Waals surface area contributed by atoms with E-state index in [9.17, 15) is 19.6 Å². The van der Waals surface area contributed by atoms with Gasteiger partial charge in [0.15, 0.2) is 17.7 Å². The summed E-state index contributed by atoms with van der Waals surface area (Å²) in [4.78, 5) is 24.6.